The zero-order chi connectivity index (χ0) is 24.8. The van der Waals surface area contributed by atoms with Crippen molar-refractivity contribution in [2.45, 2.75) is 23.8 Å². The van der Waals surface area contributed by atoms with Crippen LogP contribution in [0.15, 0.2) is 77.7 Å². The van der Waals surface area contributed by atoms with Gasteiger partial charge in [0.15, 0.2) is 0 Å². The Labute approximate surface area is 203 Å². The summed E-state index contributed by atoms with van der Waals surface area (Å²) in [5.41, 5.74) is 1.65. The monoisotopic (exact) mass is 494 g/mol. The van der Waals surface area contributed by atoms with Gasteiger partial charge in [-0.1, -0.05) is 30.3 Å². The Kier molecular flexibility index (Phi) is 7.33. The summed E-state index contributed by atoms with van der Waals surface area (Å²) in [6.45, 7) is -0.176. The van der Waals surface area contributed by atoms with Crippen molar-refractivity contribution < 1.29 is 22.7 Å². The van der Waals surface area contributed by atoms with E-state index in [1.165, 1.54) is 25.3 Å². The maximum absolute atomic E-state index is 12.7. The quantitative estimate of drug-likeness (QED) is 0.342. The number of nitrogens with one attached hydrogen (secondary N) is 4. The summed E-state index contributed by atoms with van der Waals surface area (Å²) >= 11 is 0. The molecule has 0 spiro atoms. The van der Waals surface area contributed by atoms with Gasteiger partial charge in [-0.25, -0.2) is 13.1 Å². The third-order valence-electron chi connectivity index (χ3n) is 5.30. The number of rotatable bonds is 10. The van der Waals surface area contributed by atoms with Crippen LogP contribution in [0.4, 0.5) is 17.1 Å². The Balaban J connectivity index is 1.43. The molecule has 3 aromatic carbocycles. The van der Waals surface area contributed by atoms with Crippen molar-refractivity contribution in [1.29, 1.82) is 0 Å². The second-order valence-electron chi connectivity index (χ2n) is 8.03. The SMILES string of the molecule is COc1ccc(S(=O)(=O)NC2CC2)cc1NCC(=O)Nc1ccccc1C(=O)Nc1ccccc1. The van der Waals surface area contributed by atoms with Crippen LogP contribution in [0.25, 0.3) is 0 Å². The van der Waals surface area contributed by atoms with Crippen LogP contribution in [0, 0.1) is 0 Å². The molecule has 1 aliphatic carbocycles. The number of carbonyl (C=O) groups excluding carboxylic acids is 2. The fourth-order valence-electron chi connectivity index (χ4n) is 3.36. The van der Waals surface area contributed by atoms with Crippen LogP contribution in [0.2, 0.25) is 0 Å². The summed E-state index contributed by atoms with van der Waals surface area (Å²) in [7, 11) is -2.21. The van der Waals surface area contributed by atoms with Crippen molar-refractivity contribution in [3.8, 4) is 5.75 Å². The number of benzene rings is 3. The van der Waals surface area contributed by atoms with E-state index >= 15 is 0 Å². The number of hydrogen-bond acceptors (Lipinski definition) is 6. The average Bonchev–Trinajstić information content (AvgIpc) is 3.66. The molecular formula is C25H26N4O5S. The predicted octanol–water partition coefficient (Wildman–Crippen LogP) is 3.44. The summed E-state index contributed by atoms with van der Waals surface area (Å²) in [6, 6.07) is 20.1. The molecule has 0 radical (unpaired) electrons. The number of amides is 2. The molecule has 0 unspecified atom stereocenters. The lowest BCUT2D eigenvalue weighted by atomic mass is 10.1. The third-order valence-corrected chi connectivity index (χ3v) is 6.82. The fraction of sp³-hybridized carbons (Fsp3) is 0.200. The van der Waals surface area contributed by atoms with E-state index in [2.05, 4.69) is 20.7 Å². The van der Waals surface area contributed by atoms with E-state index in [1.54, 1.807) is 36.4 Å². The second-order valence-corrected chi connectivity index (χ2v) is 9.74. The van der Waals surface area contributed by atoms with E-state index in [0.29, 0.717) is 28.4 Å². The number of hydrogen-bond donors (Lipinski definition) is 4. The Hall–Kier alpha value is -3.89. The minimum absolute atomic E-state index is 0.0246. The van der Waals surface area contributed by atoms with Crippen LogP contribution < -0.4 is 25.4 Å². The summed E-state index contributed by atoms with van der Waals surface area (Å²) in [5.74, 6) is -0.384. The first-order valence-corrected chi connectivity index (χ1v) is 12.5. The lowest BCUT2D eigenvalue weighted by Gasteiger charge is -2.15. The maximum Gasteiger partial charge on any atom is 0.257 e. The summed E-state index contributed by atoms with van der Waals surface area (Å²) < 4.78 is 33.0. The molecule has 2 amide bonds. The van der Waals surface area contributed by atoms with Gasteiger partial charge in [0.25, 0.3) is 5.91 Å². The number of para-hydroxylation sites is 2. The van der Waals surface area contributed by atoms with Crippen LogP contribution in [0.3, 0.4) is 0 Å². The predicted molar refractivity (Wildman–Crippen MR) is 134 cm³/mol. The molecule has 0 saturated heterocycles. The summed E-state index contributed by atoms with van der Waals surface area (Å²) in [5, 5.41) is 8.45. The largest absolute Gasteiger partial charge is 0.495 e. The molecule has 3 aromatic rings. The first-order valence-electron chi connectivity index (χ1n) is 11.1. The van der Waals surface area contributed by atoms with Gasteiger partial charge in [0.1, 0.15) is 5.75 Å². The van der Waals surface area contributed by atoms with Crippen LogP contribution in [-0.4, -0.2) is 39.9 Å². The highest BCUT2D eigenvalue weighted by Crippen LogP contribution is 2.29. The van der Waals surface area contributed by atoms with E-state index in [1.807, 2.05) is 18.2 Å². The van der Waals surface area contributed by atoms with E-state index in [4.69, 9.17) is 4.74 Å². The van der Waals surface area contributed by atoms with Crippen molar-refractivity contribution in [3.05, 3.63) is 78.4 Å². The van der Waals surface area contributed by atoms with Crippen molar-refractivity contribution in [2.24, 2.45) is 0 Å². The molecule has 0 aliphatic heterocycles. The highest BCUT2D eigenvalue weighted by atomic mass is 32.2. The Bertz CT molecular complexity index is 1320. The summed E-state index contributed by atoms with van der Waals surface area (Å²) in [4.78, 5) is 25.5. The third kappa shape index (κ3) is 6.37. The molecule has 4 N–H and O–H groups in total. The van der Waals surface area contributed by atoms with Gasteiger partial charge >= 0.3 is 0 Å². The molecule has 0 heterocycles. The molecule has 9 nitrogen and oxygen atoms in total. The molecule has 4 rings (SSSR count). The van der Waals surface area contributed by atoms with Crippen LogP contribution >= 0.6 is 0 Å². The zero-order valence-electron chi connectivity index (χ0n) is 19.1. The average molecular weight is 495 g/mol. The minimum Gasteiger partial charge on any atom is -0.495 e. The minimum atomic E-state index is -3.66. The Morgan fingerprint density at radius 2 is 1.63 bits per heavy atom. The molecule has 1 aliphatic rings. The molecule has 182 valence electrons. The topological polar surface area (TPSA) is 126 Å². The van der Waals surface area contributed by atoms with Crippen molar-refractivity contribution in [1.82, 2.24) is 4.72 Å². The van der Waals surface area contributed by atoms with Gasteiger partial charge < -0.3 is 20.7 Å². The van der Waals surface area contributed by atoms with E-state index in [9.17, 15) is 18.0 Å². The number of methoxy groups -OCH3 is 1. The smallest absolute Gasteiger partial charge is 0.257 e. The van der Waals surface area contributed by atoms with Crippen LogP contribution in [0.5, 0.6) is 5.75 Å². The van der Waals surface area contributed by atoms with Gasteiger partial charge in [0.05, 0.1) is 35.5 Å². The molecular weight excluding hydrogens is 468 g/mol. The van der Waals surface area contributed by atoms with Crippen LogP contribution in [-0.2, 0) is 14.8 Å². The normalized spacial score (nSPS) is 13.1. The summed E-state index contributed by atoms with van der Waals surface area (Å²) in [6.07, 6.45) is 1.65. The highest BCUT2D eigenvalue weighted by molar-refractivity contribution is 7.89. The van der Waals surface area contributed by atoms with Crippen LogP contribution in [0.1, 0.15) is 23.2 Å². The molecule has 1 saturated carbocycles. The molecule has 0 atom stereocenters. The lowest BCUT2D eigenvalue weighted by Crippen LogP contribution is -2.26. The first-order chi connectivity index (χ1) is 16.9. The lowest BCUT2D eigenvalue weighted by molar-refractivity contribution is -0.114. The van der Waals surface area contributed by atoms with E-state index in [-0.39, 0.29) is 23.4 Å². The standard InChI is InChI=1S/C25H26N4O5S/c1-34-23-14-13-19(35(32,33)29-18-11-12-18)15-22(23)26-16-24(30)28-21-10-6-5-9-20(21)25(31)27-17-7-3-2-4-8-17/h2-10,13-15,18,26,29H,11-12,16H2,1H3,(H,27,31)(H,28,30). The first kappa shape index (κ1) is 24.2. The van der Waals surface area contributed by atoms with Gasteiger partial charge in [-0.2, -0.15) is 0 Å². The highest BCUT2D eigenvalue weighted by Gasteiger charge is 2.28. The fourth-order valence-corrected chi connectivity index (χ4v) is 4.69. The zero-order valence-corrected chi connectivity index (χ0v) is 19.9. The molecule has 35 heavy (non-hydrogen) atoms. The van der Waals surface area contributed by atoms with Gasteiger partial charge in [-0.3, -0.25) is 9.59 Å². The molecule has 0 aromatic heterocycles. The Morgan fingerprint density at radius 3 is 2.34 bits per heavy atom. The van der Waals surface area contributed by atoms with Gasteiger partial charge in [0, 0.05) is 11.7 Å². The van der Waals surface area contributed by atoms with E-state index in [0.717, 1.165) is 12.8 Å². The number of ether oxygens (including phenoxy) is 1. The number of anilines is 3. The number of carbonyl (C=O) groups is 2. The van der Waals surface area contributed by atoms with Gasteiger partial charge in [-0.15, -0.1) is 0 Å². The molecule has 0 bridgehead atoms. The van der Waals surface area contributed by atoms with Crippen molar-refractivity contribution in [2.75, 3.05) is 29.6 Å². The molecule has 10 heteroatoms. The van der Waals surface area contributed by atoms with Crippen molar-refractivity contribution in [3.63, 3.8) is 0 Å². The van der Waals surface area contributed by atoms with Gasteiger partial charge in [-0.05, 0) is 55.3 Å². The van der Waals surface area contributed by atoms with E-state index < -0.39 is 15.9 Å². The van der Waals surface area contributed by atoms with Gasteiger partial charge in [0.2, 0.25) is 15.9 Å². The number of sulfonamides is 1. The maximum atomic E-state index is 12.7. The second kappa shape index (κ2) is 10.6. The Morgan fingerprint density at radius 1 is 0.914 bits per heavy atom. The van der Waals surface area contributed by atoms with Crippen molar-refractivity contribution >= 4 is 38.9 Å². The molecule has 1 fully saturated rings.